The number of nitrogens with one attached hydrogen (secondary N) is 1. The van der Waals surface area contributed by atoms with Crippen LogP contribution in [0.2, 0.25) is 0 Å². The summed E-state index contributed by atoms with van der Waals surface area (Å²) in [6, 6.07) is 11.4. The molecule has 0 bridgehead atoms. The van der Waals surface area contributed by atoms with Crippen LogP contribution in [0.5, 0.6) is 5.75 Å². The van der Waals surface area contributed by atoms with Crippen LogP contribution in [-0.2, 0) is 6.61 Å². The molecule has 134 valence electrons. The standard InChI is InChI=1S/C20H19FN2O3/c1-12-8-9-17(21)18(10-12)22-20(24)15-6-4-5-7-19(15)25-11-16-13(2)23-26-14(16)3/h4-10H,11H2,1-3H3,(H,22,24). The van der Waals surface area contributed by atoms with E-state index in [9.17, 15) is 9.18 Å². The van der Waals surface area contributed by atoms with Crippen LogP contribution in [0.4, 0.5) is 10.1 Å². The van der Waals surface area contributed by atoms with E-state index in [1.807, 2.05) is 13.8 Å². The SMILES string of the molecule is Cc1ccc(F)c(NC(=O)c2ccccc2OCc2c(C)noc2C)c1. The second-order valence-corrected chi connectivity index (χ2v) is 6.02. The van der Waals surface area contributed by atoms with Gasteiger partial charge in [-0.3, -0.25) is 4.79 Å². The van der Waals surface area contributed by atoms with E-state index in [1.54, 1.807) is 43.3 Å². The van der Waals surface area contributed by atoms with Crippen LogP contribution in [-0.4, -0.2) is 11.1 Å². The van der Waals surface area contributed by atoms with Crippen LogP contribution in [0.1, 0.15) is 32.9 Å². The first-order valence-corrected chi connectivity index (χ1v) is 8.17. The second-order valence-electron chi connectivity index (χ2n) is 6.02. The van der Waals surface area contributed by atoms with E-state index in [1.165, 1.54) is 6.07 Å². The van der Waals surface area contributed by atoms with Gasteiger partial charge in [0.05, 0.1) is 22.5 Å². The number of halogens is 1. The lowest BCUT2D eigenvalue weighted by Gasteiger charge is -2.12. The minimum Gasteiger partial charge on any atom is -0.488 e. The summed E-state index contributed by atoms with van der Waals surface area (Å²) >= 11 is 0. The van der Waals surface area contributed by atoms with Gasteiger partial charge in [0.2, 0.25) is 0 Å². The molecule has 6 heteroatoms. The number of hydrogen-bond acceptors (Lipinski definition) is 4. The zero-order chi connectivity index (χ0) is 18.7. The highest BCUT2D eigenvalue weighted by Crippen LogP contribution is 2.23. The van der Waals surface area contributed by atoms with E-state index >= 15 is 0 Å². The number of anilines is 1. The first-order chi connectivity index (χ1) is 12.5. The molecular weight excluding hydrogens is 335 g/mol. The zero-order valence-corrected chi connectivity index (χ0v) is 14.8. The lowest BCUT2D eigenvalue weighted by atomic mass is 10.1. The maximum atomic E-state index is 13.9. The van der Waals surface area contributed by atoms with Crippen molar-refractivity contribution in [2.75, 3.05) is 5.32 Å². The Hall–Kier alpha value is -3.15. The van der Waals surface area contributed by atoms with Crippen molar-refractivity contribution in [2.45, 2.75) is 27.4 Å². The number of benzene rings is 2. The molecule has 1 aromatic heterocycles. The Morgan fingerprint density at radius 1 is 1.19 bits per heavy atom. The van der Waals surface area contributed by atoms with Gasteiger partial charge in [0.15, 0.2) is 0 Å². The number of para-hydroxylation sites is 1. The molecule has 0 saturated carbocycles. The smallest absolute Gasteiger partial charge is 0.259 e. The summed E-state index contributed by atoms with van der Waals surface area (Å²) < 4.78 is 24.8. The minimum absolute atomic E-state index is 0.135. The molecule has 0 fully saturated rings. The normalized spacial score (nSPS) is 10.6. The van der Waals surface area contributed by atoms with E-state index < -0.39 is 11.7 Å². The van der Waals surface area contributed by atoms with Gasteiger partial charge in [-0.1, -0.05) is 23.4 Å². The molecule has 5 nitrogen and oxygen atoms in total. The molecule has 3 rings (SSSR count). The molecule has 1 heterocycles. The Morgan fingerprint density at radius 2 is 1.96 bits per heavy atom. The Morgan fingerprint density at radius 3 is 2.69 bits per heavy atom. The molecule has 0 aliphatic carbocycles. The van der Waals surface area contributed by atoms with Crippen LogP contribution in [0.3, 0.4) is 0 Å². The van der Waals surface area contributed by atoms with Crippen molar-refractivity contribution in [1.82, 2.24) is 5.16 Å². The molecule has 0 radical (unpaired) electrons. The number of hydrogen-bond donors (Lipinski definition) is 1. The summed E-state index contributed by atoms with van der Waals surface area (Å²) in [7, 11) is 0. The number of aryl methyl sites for hydroxylation is 3. The van der Waals surface area contributed by atoms with Gasteiger partial charge in [0.25, 0.3) is 5.91 Å². The van der Waals surface area contributed by atoms with E-state index in [0.29, 0.717) is 17.1 Å². The van der Waals surface area contributed by atoms with E-state index in [4.69, 9.17) is 9.26 Å². The fourth-order valence-electron chi connectivity index (χ4n) is 2.56. The highest BCUT2D eigenvalue weighted by Gasteiger charge is 2.16. The van der Waals surface area contributed by atoms with Crippen molar-refractivity contribution < 1.29 is 18.4 Å². The Kier molecular flexibility index (Phi) is 5.02. The second kappa shape index (κ2) is 7.39. The monoisotopic (exact) mass is 354 g/mol. The number of amides is 1. The summed E-state index contributed by atoms with van der Waals surface area (Å²) in [5.74, 6) is 0.145. The number of carbonyl (C=O) groups excluding carboxylic acids is 1. The number of carbonyl (C=O) groups is 1. The summed E-state index contributed by atoms with van der Waals surface area (Å²) in [6.45, 7) is 5.69. The molecule has 0 atom stereocenters. The Bertz CT molecular complexity index is 930. The molecular formula is C20H19FN2O3. The van der Waals surface area contributed by atoms with Crippen LogP contribution in [0.15, 0.2) is 47.0 Å². The topological polar surface area (TPSA) is 64.4 Å². The number of aromatic nitrogens is 1. The quantitative estimate of drug-likeness (QED) is 0.729. The summed E-state index contributed by atoms with van der Waals surface area (Å²) in [5, 5.41) is 6.48. The molecule has 2 aromatic carbocycles. The summed E-state index contributed by atoms with van der Waals surface area (Å²) in [5.41, 5.74) is 2.89. The molecule has 0 aliphatic rings. The van der Waals surface area contributed by atoms with Crippen LogP contribution < -0.4 is 10.1 Å². The predicted molar refractivity (Wildman–Crippen MR) is 95.8 cm³/mol. The highest BCUT2D eigenvalue weighted by molar-refractivity contribution is 6.06. The fraction of sp³-hybridized carbons (Fsp3) is 0.200. The van der Waals surface area contributed by atoms with Gasteiger partial charge in [-0.2, -0.15) is 0 Å². The third-order valence-electron chi connectivity index (χ3n) is 4.05. The minimum atomic E-state index is -0.488. The fourth-order valence-corrected chi connectivity index (χ4v) is 2.56. The van der Waals surface area contributed by atoms with E-state index in [-0.39, 0.29) is 12.3 Å². The predicted octanol–water partition coefficient (Wildman–Crippen LogP) is 4.57. The van der Waals surface area contributed by atoms with Gasteiger partial charge in [-0.25, -0.2) is 4.39 Å². The average Bonchev–Trinajstić information content (AvgIpc) is 2.94. The first-order valence-electron chi connectivity index (χ1n) is 8.17. The van der Waals surface area contributed by atoms with Gasteiger partial charge < -0.3 is 14.6 Å². The van der Waals surface area contributed by atoms with Crippen LogP contribution in [0.25, 0.3) is 0 Å². The van der Waals surface area contributed by atoms with Crippen molar-refractivity contribution in [3.8, 4) is 5.75 Å². The van der Waals surface area contributed by atoms with Crippen molar-refractivity contribution >= 4 is 11.6 Å². The van der Waals surface area contributed by atoms with E-state index in [2.05, 4.69) is 10.5 Å². The van der Waals surface area contributed by atoms with Crippen molar-refractivity contribution in [3.63, 3.8) is 0 Å². The molecule has 26 heavy (non-hydrogen) atoms. The van der Waals surface area contributed by atoms with Gasteiger partial charge in [0.1, 0.15) is 23.9 Å². The molecule has 0 spiro atoms. The maximum absolute atomic E-state index is 13.9. The average molecular weight is 354 g/mol. The lowest BCUT2D eigenvalue weighted by molar-refractivity contribution is 0.102. The third kappa shape index (κ3) is 3.74. The lowest BCUT2D eigenvalue weighted by Crippen LogP contribution is -2.15. The molecule has 3 aromatic rings. The molecule has 1 amide bonds. The summed E-state index contributed by atoms with van der Waals surface area (Å²) in [6.07, 6.45) is 0. The van der Waals surface area contributed by atoms with Crippen LogP contribution in [0, 0.1) is 26.6 Å². The van der Waals surface area contributed by atoms with Gasteiger partial charge in [0, 0.05) is 0 Å². The molecule has 0 unspecified atom stereocenters. The summed E-state index contributed by atoms with van der Waals surface area (Å²) in [4.78, 5) is 12.6. The number of nitrogens with zero attached hydrogens (tertiary/aromatic N) is 1. The largest absolute Gasteiger partial charge is 0.488 e. The van der Waals surface area contributed by atoms with Crippen LogP contribution >= 0.6 is 0 Å². The van der Waals surface area contributed by atoms with Gasteiger partial charge in [-0.15, -0.1) is 0 Å². The van der Waals surface area contributed by atoms with Gasteiger partial charge in [-0.05, 0) is 50.6 Å². The van der Waals surface area contributed by atoms with Gasteiger partial charge >= 0.3 is 0 Å². The van der Waals surface area contributed by atoms with Crippen molar-refractivity contribution in [1.29, 1.82) is 0 Å². The molecule has 0 aliphatic heterocycles. The number of rotatable bonds is 5. The van der Waals surface area contributed by atoms with Crippen molar-refractivity contribution in [3.05, 3.63) is 76.4 Å². The highest BCUT2D eigenvalue weighted by atomic mass is 19.1. The molecule has 1 N–H and O–H groups in total. The Labute approximate surface area is 150 Å². The van der Waals surface area contributed by atoms with E-state index in [0.717, 1.165) is 16.8 Å². The molecule has 0 saturated heterocycles. The number of ether oxygens (including phenoxy) is 1. The van der Waals surface area contributed by atoms with Crippen molar-refractivity contribution in [2.24, 2.45) is 0 Å². The maximum Gasteiger partial charge on any atom is 0.259 e. The first kappa shape index (κ1) is 17.7. The third-order valence-corrected chi connectivity index (χ3v) is 4.05. The Balaban J connectivity index is 1.80. The zero-order valence-electron chi connectivity index (χ0n) is 14.8.